The van der Waals surface area contributed by atoms with Crippen molar-refractivity contribution in [3.63, 3.8) is 0 Å². The van der Waals surface area contributed by atoms with Crippen LogP contribution in [0.4, 0.5) is 0 Å². The molecule has 0 fully saturated rings. The Labute approximate surface area is 73.7 Å². The van der Waals surface area contributed by atoms with Crippen LogP contribution in [0.5, 0.6) is 0 Å². The number of aryl methyl sites for hydroxylation is 1. The van der Waals surface area contributed by atoms with Crippen molar-refractivity contribution in [3.05, 3.63) is 35.9 Å². The molecular formula is C9H14O2Si. The summed E-state index contributed by atoms with van der Waals surface area (Å²) >= 11 is 0. The molecule has 0 radical (unpaired) electrons. The van der Waals surface area contributed by atoms with Gasteiger partial charge in [0.2, 0.25) is 0 Å². The van der Waals surface area contributed by atoms with Crippen LogP contribution in [0.25, 0.3) is 0 Å². The smallest absolute Gasteiger partial charge is 0.329 e. The predicted octanol–water partition coefficient (Wildman–Crippen LogP) is 1.29. The van der Waals surface area contributed by atoms with Crippen LogP contribution in [0.1, 0.15) is 5.56 Å². The van der Waals surface area contributed by atoms with Gasteiger partial charge in [0.15, 0.2) is 0 Å². The minimum Gasteiger partial charge on any atom is -0.411 e. The third kappa shape index (κ3) is 3.66. The van der Waals surface area contributed by atoms with Crippen LogP contribution in [0.3, 0.4) is 0 Å². The summed E-state index contributed by atoms with van der Waals surface area (Å²) in [7, 11) is -2.84. The molecule has 0 bridgehead atoms. The zero-order chi connectivity index (χ0) is 9.03. The molecule has 1 aromatic carbocycles. The molecule has 12 heavy (non-hydrogen) atoms. The van der Waals surface area contributed by atoms with Crippen molar-refractivity contribution in [1.82, 2.24) is 0 Å². The Kier molecular flexibility index (Phi) is 3.03. The van der Waals surface area contributed by atoms with E-state index in [0.717, 1.165) is 6.42 Å². The summed E-state index contributed by atoms with van der Waals surface area (Å²) in [6.07, 6.45) is 0.760. The summed E-state index contributed by atoms with van der Waals surface area (Å²) < 4.78 is 0. The predicted molar refractivity (Wildman–Crippen MR) is 51.0 cm³/mol. The monoisotopic (exact) mass is 182 g/mol. The summed E-state index contributed by atoms with van der Waals surface area (Å²) in [5, 5.41) is 0. The Balaban J connectivity index is 2.44. The highest BCUT2D eigenvalue weighted by molar-refractivity contribution is 6.63. The summed E-state index contributed by atoms with van der Waals surface area (Å²) in [5.41, 5.74) is 1.17. The second-order valence-electron chi connectivity index (χ2n) is 3.20. The molecule has 0 unspecified atom stereocenters. The van der Waals surface area contributed by atoms with Gasteiger partial charge in [-0.1, -0.05) is 30.3 Å². The molecule has 0 atom stereocenters. The average molecular weight is 182 g/mol. The van der Waals surface area contributed by atoms with E-state index >= 15 is 0 Å². The summed E-state index contributed by atoms with van der Waals surface area (Å²) in [6.45, 7) is 1.54. The summed E-state index contributed by atoms with van der Waals surface area (Å²) in [5.74, 6) is 0. The van der Waals surface area contributed by atoms with Crippen molar-refractivity contribution in [2.75, 3.05) is 0 Å². The largest absolute Gasteiger partial charge is 0.411 e. The van der Waals surface area contributed by atoms with Crippen molar-refractivity contribution in [1.29, 1.82) is 0 Å². The van der Waals surface area contributed by atoms with E-state index in [9.17, 15) is 9.59 Å². The van der Waals surface area contributed by atoms with Crippen LogP contribution < -0.4 is 0 Å². The number of hydrogen-bond donors (Lipinski definition) is 2. The van der Waals surface area contributed by atoms with Crippen LogP contribution in [-0.4, -0.2) is 18.2 Å². The molecule has 3 heteroatoms. The van der Waals surface area contributed by atoms with Crippen LogP contribution >= 0.6 is 0 Å². The Morgan fingerprint density at radius 2 is 1.75 bits per heavy atom. The van der Waals surface area contributed by atoms with Gasteiger partial charge < -0.3 is 9.59 Å². The molecule has 0 saturated heterocycles. The minimum absolute atomic E-state index is 0.511. The number of rotatable bonds is 3. The average Bonchev–Trinajstić information content (AvgIpc) is 2.02. The summed E-state index contributed by atoms with van der Waals surface area (Å²) in [4.78, 5) is 18.3. The molecule has 0 saturated carbocycles. The van der Waals surface area contributed by atoms with Crippen molar-refractivity contribution >= 4 is 8.56 Å². The topological polar surface area (TPSA) is 40.5 Å². The molecule has 66 valence electrons. The van der Waals surface area contributed by atoms with Gasteiger partial charge in [0.05, 0.1) is 0 Å². The minimum atomic E-state index is -2.84. The van der Waals surface area contributed by atoms with Gasteiger partial charge in [-0.05, 0) is 24.6 Å². The van der Waals surface area contributed by atoms with Crippen molar-refractivity contribution < 1.29 is 9.59 Å². The maximum absolute atomic E-state index is 9.17. The van der Waals surface area contributed by atoms with Crippen LogP contribution in [0.2, 0.25) is 12.6 Å². The lowest BCUT2D eigenvalue weighted by atomic mass is 10.2. The quantitative estimate of drug-likeness (QED) is 0.691. The van der Waals surface area contributed by atoms with Crippen molar-refractivity contribution in [2.45, 2.75) is 19.0 Å². The molecule has 0 amide bonds. The third-order valence-corrected chi connectivity index (χ3v) is 2.93. The Bertz CT molecular complexity index is 228. The van der Waals surface area contributed by atoms with Gasteiger partial charge in [-0.2, -0.15) is 0 Å². The van der Waals surface area contributed by atoms with E-state index in [1.165, 1.54) is 12.1 Å². The summed E-state index contributed by atoms with van der Waals surface area (Å²) in [6, 6.07) is 10.4. The molecule has 1 rings (SSSR count). The maximum atomic E-state index is 9.17. The first kappa shape index (κ1) is 9.44. The standard InChI is InChI=1S/C9H14O2Si/c1-12(10,11)8-7-9-5-3-2-4-6-9/h2-6,10-11H,7-8H2,1H3. The molecule has 0 spiro atoms. The normalized spacial score (nSPS) is 11.6. The second-order valence-corrected chi connectivity index (χ2v) is 6.14. The van der Waals surface area contributed by atoms with Gasteiger partial charge in [-0.25, -0.2) is 0 Å². The lowest BCUT2D eigenvalue weighted by Crippen LogP contribution is -2.30. The third-order valence-electron chi connectivity index (χ3n) is 1.73. The highest BCUT2D eigenvalue weighted by atomic mass is 28.4. The molecule has 1 aromatic rings. The fourth-order valence-electron chi connectivity index (χ4n) is 1.03. The molecule has 0 aromatic heterocycles. The van der Waals surface area contributed by atoms with E-state index in [2.05, 4.69) is 0 Å². The highest BCUT2D eigenvalue weighted by Gasteiger charge is 2.20. The van der Waals surface area contributed by atoms with Crippen LogP contribution in [-0.2, 0) is 6.42 Å². The number of benzene rings is 1. The fourth-order valence-corrected chi connectivity index (χ4v) is 1.79. The van der Waals surface area contributed by atoms with Crippen molar-refractivity contribution in [2.24, 2.45) is 0 Å². The molecule has 0 aliphatic carbocycles. The van der Waals surface area contributed by atoms with Gasteiger partial charge in [0.25, 0.3) is 0 Å². The molecule has 2 N–H and O–H groups in total. The van der Waals surface area contributed by atoms with E-state index in [1.54, 1.807) is 0 Å². The molecule has 2 nitrogen and oxygen atoms in total. The Morgan fingerprint density at radius 3 is 2.25 bits per heavy atom. The van der Waals surface area contributed by atoms with Gasteiger partial charge in [0.1, 0.15) is 0 Å². The molecule has 0 heterocycles. The highest BCUT2D eigenvalue weighted by Crippen LogP contribution is 2.08. The van der Waals surface area contributed by atoms with E-state index in [-0.39, 0.29) is 0 Å². The Morgan fingerprint density at radius 1 is 1.17 bits per heavy atom. The SMILES string of the molecule is C[Si](O)(O)CCc1ccccc1. The first-order valence-corrected chi connectivity index (χ1v) is 6.67. The van der Waals surface area contributed by atoms with Crippen molar-refractivity contribution in [3.8, 4) is 0 Å². The van der Waals surface area contributed by atoms with E-state index in [4.69, 9.17) is 0 Å². The first-order chi connectivity index (χ1) is 5.58. The van der Waals surface area contributed by atoms with E-state index < -0.39 is 8.56 Å². The molecule has 0 aliphatic heterocycles. The zero-order valence-corrected chi connectivity index (χ0v) is 8.20. The fraction of sp³-hybridized carbons (Fsp3) is 0.333. The van der Waals surface area contributed by atoms with Crippen LogP contribution in [0.15, 0.2) is 30.3 Å². The second kappa shape index (κ2) is 3.84. The lowest BCUT2D eigenvalue weighted by Gasteiger charge is -2.10. The Hall–Kier alpha value is -0.643. The lowest BCUT2D eigenvalue weighted by molar-refractivity contribution is 0.369. The molecule has 0 aliphatic rings. The first-order valence-electron chi connectivity index (χ1n) is 4.07. The zero-order valence-electron chi connectivity index (χ0n) is 7.20. The van der Waals surface area contributed by atoms with Crippen LogP contribution in [0, 0.1) is 0 Å². The maximum Gasteiger partial charge on any atom is 0.329 e. The molecular weight excluding hydrogens is 168 g/mol. The van der Waals surface area contributed by atoms with Gasteiger partial charge >= 0.3 is 8.56 Å². The van der Waals surface area contributed by atoms with Gasteiger partial charge in [-0.15, -0.1) is 0 Å². The van der Waals surface area contributed by atoms with E-state index in [1.807, 2.05) is 30.3 Å². The van der Waals surface area contributed by atoms with Gasteiger partial charge in [0, 0.05) is 0 Å². The number of hydrogen-bond acceptors (Lipinski definition) is 2. The van der Waals surface area contributed by atoms with E-state index in [0.29, 0.717) is 6.04 Å². The van der Waals surface area contributed by atoms with Gasteiger partial charge in [-0.3, -0.25) is 0 Å².